The van der Waals surface area contributed by atoms with E-state index in [1.807, 2.05) is 12.1 Å². The van der Waals surface area contributed by atoms with Crippen molar-refractivity contribution in [2.24, 2.45) is 5.41 Å². The van der Waals surface area contributed by atoms with Crippen molar-refractivity contribution in [3.8, 4) is 0 Å². The second-order valence-electron chi connectivity index (χ2n) is 6.85. The van der Waals surface area contributed by atoms with Gasteiger partial charge < -0.3 is 5.32 Å². The molecule has 1 unspecified atom stereocenters. The molecule has 0 bridgehead atoms. The molecule has 0 saturated heterocycles. The summed E-state index contributed by atoms with van der Waals surface area (Å²) in [6, 6.07) is 9.05. The van der Waals surface area contributed by atoms with Gasteiger partial charge in [0.2, 0.25) is 0 Å². The normalized spacial score (nSPS) is 14.1. The van der Waals surface area contributed by atoms with E-state index in [9.17, 15) is 0 Å². The maximum absolute atomic E-state index is 6.08. The van der Waals surface area contributed by atoms with E-state index in [2.05, 4.69) is 64.0 Å². The van der Waals surface area contributed by atoms with Gasteiger partial charge in [-0.2, -0.15) is 0 Å². The molecule has 3 heteroatoms. The zero-order valence-electron chi connectivity index (χ0n) is 13.7. The van der Waals surface area contributed by atoms with Gasteiger partial charge in [0.05, 0.1) is 0 Å². The molecule has 1 rings (SSSR count). The fourth-order valence-electron chi connectivity index (χ4n) is 2.37. The maximum atomic E-state index is 6.08. The number of nitrogens with one attached hydrogen (secondary N) is 1. The zero-order valence-corrected chi connectivity index (χ0v) is 14.5. The quantitative estimate of drug-likeness (QED) is 0.804. The third-order valence-corrected chi connectivity index (χ3v) is 3.89. The molecule has 1 N–H and O–H groups in total. The van der Waals surface area contributed by atoms with Crippen LogP contribution in [0.5, 0.6) is 0 Å². The van der Waals surface area contributed by atoms with Crippen LogP contribution < -0.4 is 5.32 Å². The number of benzene rings is 1. The van der Waals surface area contributed by atoms with E-state index in [1.165, 1.54) is 5.56 Å². The van der Waals surface area contributed by atoms with Gasteiger partial charge >= 0.3 is 0 Å². The van der Waals surface area contributed by atoms with Crippen LogP contribution in [0.25, 0.3) is 0 Å². The lowest BCUT2D eigenvalue weighted by Gasteiger charge is -2.34. The van der Waals surface area contributed by atoms with Crippen LogP contribution >= 0.6 is 11.6 Å². The zero-order chi connectivity index (χ0) is 15.3. The predicted octanol–water partition coefficient (Wildman–Crippen LogP) is 4.36. The molecule has 0 amide bonds. The Balaban J connectivity index is 2.63. The molecule has 0 heterocycles. The molecule has 0 spiro atoms. The molecule has 0 aliphatic heterocycles. The third-order valence-electron chi connectivity index (χ3n) is 3.66. The van der Waals surface area contributed by atoms with Crippen molar-refractivity contribution in [3.05, 3.63) is 34.9 Å². The predicted molar refractivity (Wildman–Crippen MR) is 89.4 cm³/mol. The molecule has 2 nitrogen and oxygen atoms in total. The molecule has 114 valence electrons. The molecule has 0 aromatic heterocycles. The lowest BCUT2D eigenvalue weighted by molar-refractivity contribution is 0.164. The molecular weight excluding hydrogens is 268 g/mol. The Kier molecular flexibility index (Phi) is 6.50. The highest BCUT2D eigenvalue weighted by atomic mass is 35.5. The summed E-state index contributed by atoms with van der Waals surface area (Å²) < 4.78 is 0. The number of hydrogen-bond donors (Lipinski definition) is 1. The first-order valence-electron chi connectivity index (χ1n) is 7.40. The van der Waals surface area contributed by atoms with Crippen LogP contribution in [-0.2, 0) is 0 Å². The summed E-state index contributed by atoms with van der Waals surface area (Å²) in [5.41, 5.74) is 1.51. The standard InChI is InChI=1S/C17H29ClN2/c1-13(2)19-11-17(4,5)12-20(6)14(3)15-8-7-9-16(18)10-15/h7-10,13-14,19H,11-12H2,1-6H3. The molecule has 1 aromatic rings. The van der Waals surface area contributed by atoms with E-state index < -0.39 is 0 Å². The Labute approximate surface area is 129 Å². The van der Waals surface area contributed by atoms with Crippen LogP contribution in [0.1, 0.15) is 46.2 Å². The molecule has 0 aliphatic rings. The van der Waals surface area contributed by atoms with Crippen molar-refractivity contribution in [1.29, 1.82) is 0 Å². The van der Waals surface area contributed by atoms with Crippen molar-refractivity contribution < 1.29 is 0 Å². The highest BCUT2D eigenvalue weighted by Gasteiger charge is 2.23. The van der Waals surface area contributed by atoms with Crippen LogP contribution in [-0.4, -0.2) is 31.1 Å². The summed E-state index contributed by atoms with van der Waals surface area (Å²) in [6.07, 6.45) is 0. The van der Waals surface area contributed by atoms with Crippen molar-refractivity contribution in [1.82, 2.24) is 10.2 Å². The second-order valence-corrected chi connectivity index (χ2v) is 7.28. The Morgan fingerprint density at radius 3 is 2.45 bits per heavy atom. The molecule has 0 fully saturated rings. The summed E-state index contributed by atoms with van der Waals surface area (Å²) >= 11 is 6.08. The highest BCUT2D eigenvalue weighted by Crippen LogP contribution is 2.25. The van der Waals surface area contributed by atoms with Crippen LogP contribution in [0.4, 0.5) is 0 Å². The molecule has 20 heavy (non-hydrogen) atoms. The van der Waals surface area contributed by atoms with Gasteiger partial charge in [-0.25, -0.2) is 0 Å². The first-order valence-corrected chi connectivity index (χ1v) is 7.78. The first kappa shape index (κ1) is 17.5. The van der Waals surface area contributed by atoms with Crippen molar-refractivity contribution in [2.45, 2.75) is 46.7 Å². The second kappa shape index (κ2) is 7.44. The average Bonchev–Trinajstić information content (AvgIpc) is 2.35. The molecule has 0 saturated carbocycles. The summed E-state index contributed by atoms with van der Waals surface area (Å²) in [5.74, 6) is 0. The van der Waals surface area contributed by atoms with Gasteiger partial charge in [-0.1, -0.05) is 51.4 Å². The van der Waals surface area contributed by atoms with E-state index in [1.54, 1.807) is 0 Å². The SMILES string of the molecule is CC(C)NCC(C)(C)CN(C)C(C)c1cccc(Cl)c1. The van der Waals surface area contributed by atoms with Gasteiger partial charge in [0.15, 0.2) is 0 Å². The van der Waals surface area contributed by atoms with E-state index in [0.717, 1.165) is 18.1 Å². The van der Waals surface area contributed by atoms with Gasteiger partial charge in [-0.15, -0.1) is 0 Å². The lowest BCUT2D eigenvalue weighted by atomic mass is 9.91. The summed E-state index contributed by atoms with van der Waals surface area (Å²) in [6.45, 7) is 13.3. The minimum Gasteiger partial charge on any atom is -0.314 e. The topological polar surface area (TPSA) is 15.3 Å². The van der Waals surface area contributed by atoms with Crippen LogP contribution in [0.3, 0.4) is 0 Å². The minimum atomic E-state index is 0.242. The van der Waals surface area contributed by atoms with Gasteiger partial charge in [0.25, 0.3) is 0 Å². The Bertz CT molecular complexity index is 415. The van der Waals surface area contributed by atoms with E-state index in [-0.39, 0.29) is 5.41 Å². The monoisotopic (exact) mass is 296 g/mol. The fraction of sp³-hybridized carbons (Fsp3) is 0.647. The first-order chi connectivity index (χ1) is 9.21. The fourth-order valence-corrected chi connectivity index (χ4v) is 2.57. The Morgan fingerprint density at radius 1 is 1.25 bits per heavy atom. The van der Waals surface area contributed by atoms with Crippen molar-refractivity contribution >= 4 is 11.6 Å². The number of hydrogen-bond acceptors (Lipinski definition) is 2. The molecular formula is C17H29ClN2. The highest BCUT2D eigenvalue weighted by molar-refractivity contribution is 6.30. The number of rotatable bonds is 7. The van der Waals surface area contributed by atoms with Crippen LogP contribution in [0, 0.1) is 5.41 Å². The van der Waals surface area contributed by atoms with Gasteiger partial charge in [-0.05, 0) is 37.1 Å². The van der Waals surface area contributed by atoms with Crippen LogP contribution in [0.2, 0.25) is 5.02 Å². The largest absolute Gasteiger partial charge is 0.314 e. The Morgan fingerprint density at radius 2 is 1.90 bits per heavy atom. The van der Waals surface area contributed by atoms with Crippen LogP contribution in [0.15, 0.2) is 24.3 Å². The Hall–Kier alpha value is -0.570. The summed E-state index contributed by atoms with van der Waals surface area (Å²) in [7, 11) is 2.18. The van der Waals surface area contributed by atoms with Gasteiger partial charge in [0, 0.05) is 30.2 Å². The average molecular weight is 297 g/mol. The summed E-state index contributed by atoms with van der Waals surface area (Å²) in [4.78, 5) is 2.40. The minimum absolute atomic E-state index is 0.242. The lowest BCUT2D eigenvalue weighted by Crippen LogP contribution is -2.41. The van der Waals surface area contributed by atoms with E-state index in [0.29, 0.717) is 12.1 Å². The molecule has 1 atom stereocenters. The summed E-state index contributed by atoms with van der Waals surface area (Å²) in [5, 5.41) is 4.34. The van der Waals surface area contributed by atoms with E-state index in [4.69, 9.17) is 11.6 Å². The molecule has 0 radical (unpaired) electrons. The van der Waals surface area contributed by atoms with Crippen molar-refractivity contribution in [3.63, 3.8) is 0 Å². The van der Waals surface area contributed by atoms with E-state index >= 15 is 0 Å². The number of halogens is 1. The van der Waals surface area contributed by atoms with Gasteiger partial charge in [-0.3, -0.25) is 4.90 Å². The third kappa shape index (κ3) is 5.82. The van der Waals surface area contributed by atoms with Crippen molar-refractivity contribution in [2.75, 3.05) is 20.1 Å². The molecule has 1 aromatic carbocycles. The smallest absolute Gasteiger partial charge is 0.0409 e. The molecule has 0 aliphatic carbocycles. The number of nitrogens with zero attached hydrogens (tertiary/aromatic N) is 1. The maximum Gasteiger partial charge on any atom is 0.0409 e. The van der Waals surface area contributed by atoms with Gasteiger partial charge in [0.1, 0.15) is 0 Å².